The quantitative estimate of drug-likeness (QED) is 0.623. The van der Waals surface area contributed by atoms with E-state index in [1.54, 1.807) is 6.07 Å². The third-order valence-corrected chi connectivity index (χ3v) is 4.77. The predicted molar refractivity (Wildman–Crippen MR) is 87.8 cm³/mol. The average Bonchev–Trinajstić information content (AvgIpc) is 2.92. The van der Waals surface area contributed by atoms with E-state index in [1.807, 2.05) is 45.5 Å². The molecule has 1 aliphatic heterocycles. The SMILES string of the molecule is COC(=O)c1cnc2c(c1)c(B1OC(C)(C)C(C)(C)O1)cn2C. The van der Waals surface area contributed by atoms with Gasteiger partial charge in [0.15, 0.2) is 0 Å². The number of esters is 1. The van der Waals surface area contributed by atoms with Gasteiger partial charge in [0.1, 0.15) is 5.65 Å². The van der Waals surface area contributed by atoms with Crippen LogP contribution >= 0.6 is 0 Å². The van der Waals surface area contributed by atoms with Crippen LogP contribution in [0.5, 0.6) is 0 Å². The van der Waals surface area contributed by atoms with Crippen molar-refractivity contribution in [3.63, 3.8) is 0 Å². The van der Waals surface area contributed by atoms with Gasteiger partial charge in [0.2, 0.25) is 0 Å². The standard InChI is InChI=1S/C16H21BN2O4/c1-15(2)16(3,4)23-17(22-15)12-9-19(5)13-11(12)7-10(8-18-13)14(20)21-6/h7-9H,1-6H3. The molecule has 0 amide bonds. The molecule has 0 spiro atoms. The molecule has 2 aromatic rings. The van der Waals surface area contributed by atoms with Crippen LogP contribution in [-0.2, 0) is 21.1 Å². The number of hydrogen-bond acceptors (Lipinski definition) is 5. The van der Waals surface area contributed by atoms with Crippen molar-refractivity contribution in [1.29, 1.82) is 0 Å². The molecular weight excluding hydrogens is 295 g/mol. The Morgan fingerprint density at radius 2 is 1.87 bits per heavy atom. The van der Waals surface area contributed by atoms with Crippen molar-refractivity contribution in [3.05, 3.63) is 24.0 Å². The van der Waals surface area contributed by atoms with Gasteiger partial charge in [-0.05, 0) is 33.8 Å². The highest BCUT2D eigenvalue weighted by Gasteiger charge is 2.52. The minimum atomic E-state index is -0.501. The zero-order chi connectivity index (χ0) is 17.0. The molecule has 1 aliphatic rings. The van der Waals surface area contributed by atoms with Crippen molar-refractivity contribution >= 4 is 29.6 Å². The van der Waals surface area contributed by atoms with E-state index in [2.05, 4.69) is 4.98 Å². The summed E-state index contributed by atoms with van der Waals surface area (Å²) in [5.41, 5.74) is 1.19. The Morgan fingerprint density at radius 1 is 1.26 bits per heavy atom. The first-order valence-corrected chi connectivity index (χ1v) is 7.55. The first-order valence-electron chi connectivity index (χ1n) is 7.55. The molecule has 0 aliphatic carbocycles. The maximum absolute atomic E-state index is 11.8. The molecule has 23 heavy (non-hydrogen) atoms. The third-order valence-electron chi connectivity index (χ3n) is 4.77. The molecule has 0 N–H and O–H groups in total. The number of carbonyl (C=O) groups is 1. The zero-order valence-corrected chi connectivity index (χ0v) is 14.3. The van der Waals surface area contributed by atoms with Crippen molar-refractivity contribution in [2.75, 3.05) is 7.11 Å². The second-order valence-electron chi connectivity index (χ2n) is 6.87. The number of methoxy groups -OCH3 is 1. The molecule has 3 rings (SSSR count). The Balaban J connectivity index is 2.10. The monoisotopic (exact) mass is 316 g/mol. The van der Waals surface area contributed by atoms with Crippen LogP contribution in [0.3, 0.4) is 0 Å². The summed E-state index contributed by atoms with van der Waals surface area (Å²) in [4.78, 5) is 16.1. The molecule has 0 saturated carbocycles. The van der Waals surface area contributed by atoms with Gasteiger partial charge in [0.05, 0.1) is 23.9 Å². The van der Waals surface area contributed by atoms with Crippen LogP contribution in [-0.4, -0.2) is 41.0 Å². The van der Waals surface area contributed by atoms with E-state index < -0.39 is 24.3 Å². The molecule has 0 radical (unpaired) electrons. The zero-order valence-electron chi connectivity index (χ0n) is 14.3. The lowest BCUT2D eigenvalue weighted by molar-refractivity contribution is 0.00578. The molecule has 0 aromatic carbocycles. The normalized spacial score (nSPS) is 19.3. The molecule has 0 atom stereocenters. The molecule has 2 aromatic heterocycles. The maximum atomic E-state index is 11.8. The van der Waals surface area contributed by atoms with Gasteiger partial charge >= 0.3 is 13.1 Å². The van der Waals surface area contributed by atoms with Crippen molar-refractivity contribution in [3.8, 4) is 0 Å². The summed E-state index contributed by atoms with van der Waals surface area (Å²) in [5, 5.41) is 0.828. The minimum absolute atomic E-state index is 0.406. The second-order valence-corrected chi connectivity index (χ2v) is 6.87. The van der Waals surface area contributed by atoms with Crippen LogP contribution in [0.25, 0.3) is 11.0 Å². The molecule has 3 heterocycles. The van der Waals surface area contributed by atoms with Crippen LogP contribution in [0.2, 0.25) is 0 Å². The van der Waals surface area contributed by atoms with Gasteiger partial charge in [-0.1, -0.05) is 0 Å². The number of aryl methyl sites for hydroxylation is 1. The van der Waals surface area contributed by atoms with E-state index in [-0.39, 0.29) is 0 Å². The van der Waals surface area contributed by atoms with E-state index >= 15 is 0 Å². The number of hydrogen-bond donors (Lipinski definition) is 0. The number of aromatic nitrogens is 2. The highest BCUT2D eigenvalue weighted by Crippen LogP contribution is 2.37. The van der Waals surface area contributed by atoms with Gasteiger partial charge in [-0.2, -0.15) is 0 Å². The van der Waals surface area contributed by atoms with Crippen molar-refractivity contribution in [2.24, 2.45) is 7.05 Å². The topological polar surface area (TPSA) is 62.6 Å². The summed E-state index contributed by atoms with van der Waals surface area (Å²) in [6.07, 6.45) is 3.45. The van der Waals surface area contributed by atoms with Crippen molar-refractivity contribution < 1.29 is 18.8 Å². The van der Waals surface area contributed by atoms with E-state index in [1.165, 1.54) is 13.3 Å². The predicted octanol–water partition coefficient (Wildman–Crippen LogP) is 1.66. The van der Waals surface area contributed by atoms with E-state index in [9.17, 15) is 4.79 Å². The fourth-order valence-corrected chi connectivity index (χ4v) is 2.68. The fourth-order valence-electron chi connectivity index (χ4n) is 2.68. The smallest absolute Gasteiger partial charge is 0.465 e. The van der Waals surface area contributed by atoms with E-state index in [4.69, 9.17) is 14.0 Å². The molecular formula is C16H21BN2O4. The lowest BCUT2D eigenvalue weighted by atomic mass is 9.79. The molecule has 7 heteroatoms. The highest BCUT2D eigenvalue weighted by molar-refractivity contribution is 6.65. The summed E-state index contributed by atoms with van der Waals surface area (Å²) in [6.45, 7) is 8.04. The van der Waals surface area contributed by atoms with Crippen molar-refractivity contribution in [1.82, 2.24) is 9.55 Å². The lowest BCUT2D eigenvalue weighted by Crippen LogP contribution is -2.41. The number of nitrogens with zero attached hydrogens (tertiary/aromatic N) is 2. The van der Waals surface area contributed by atoms with Crippen molar-refractivity contribution in [2.45, 2.75) is 38.9 Å². The Kier molecular flexibility index (Phi) is 3.53. The third kappa shape index (κ3) is 2.44. The summed E-state index contributed by atoms with van der Waals surface area (Å²) >= 11 is 0. The highest BCUT2D eigenvalue weighted by atomic mass is 16.7. The fraction of sp³-hybridized carbons (Fsp3) is 0.500. The van der Waals surface area contributed by atoms with E-state index in [0.717, 1.165) is 16.5 Å². The molecule has 0 bridgehead atoms. The van der Waals surface area contributed by atoms with Gasteiger partial charge < -0.3 is 18.6 Å². The van der Waals surface area contributed by atoms with Gasteiger partial charge in [0.25, 0.3) is 0 Å². The summed E-state index contributed by atoms with van der Waals surface area (Å²) in [6, 6.07) is 1.77. The van der Waals surface area contributed by atoms with E-state index in [0.29, 0.717) is 5.56 Å². The molecule has 1 fully saturated rings. The van der Waals surface area contributed by atoms with Crippen LogP contribution in [0.4, 0.5) is 0 Å². The Bertz CT molecular complexity index is 766. The summed E-state index contributed by atoms with van der Waals surface area (Å²) in [5.74, 6) is -0.414. The Morgan fingerprint density at radius 3 is 2.43 bits per heavy atom. The maximum Gasteiger partial charge on any atom is 0.497 e. The Hall–Kier alpha value is -1.86. The number of carbonyl (C=O) groups excluding carboxylic acids is 1. The summed E-state index contributed by atoms with van der Waals surface area (Å²) < 4.78 is 18.9. The molecule has 1 saturated heterocycles. The first kappa shape index (κ1) is 16.0. The second kappa shape index (κ2) is 5.07. The number of fused-ring (bicyclic) bond motifs is 1. The Labute approximate surface area is 135 Å². The molecule has 122 valence electrons. The largest absolute Gasteiger partial charge is 0.497 e. The molecule has 0 unspecified atom stereocenters. The number of ether oxygens (including phenoxy) is 1. The number of rotatable bonds is 2. The molecule has 6 nitrogen and oxygen atoms in total. The van der Waals surface area contributed by atoms with Crippen LogP contribution in [0.1, 0.15) is 38.1 Å². The van der Waals surface area contributed by atoms with Crippen LogP contribution in [0, 0.1) is 0 Å². The van der Waals surface area contributed by atoms with Gasteiger partial charge in [-0.3, -0.25) is 0 Å². The lowest BCUT2D eigenvalue weighted by Gasteiger charge is -2.32. The van der Waals surface area contributed by atoms with Gasteiger partial charge in [-0.15, -0.1) is 0 Å². The summed E-state index contributed by atoms with van der Waals surface area (Å²) in [7, 11) is 2.76. The first-order chi connectivity index (χ1) is 10.7. The average molecular weight is 316 g/mol. The minimum Gasteiger partial charge on any atom is -0.465 e. The van der Waals surface area contributed by atoms with Crippen LogP contribution in [0.15, 0.2) is 18.5 Å². The van der Waals surface area contributed by atoms with Gasteiger partial charge in [0, 0.05) is 30.3 Å². The van der Waals surface area contributed by atoms with Crippen LogP contribution < -0.4 is 5.46 Å². The van der Waals surface area contributed by atoms with Gasteiger partial charge in [-0.25, -0.2) is 9.78 Å². The number of pyridine rings is 1.